The molecule has 0 bridgehead atoms. The Kier molecular flexibility index (Phi) is 4.01. The van der Waals surface area contributed by atoms with Crippen LogP contribution in [0.3, 0.4) is 0 Å². The molecule has 1 aromatic carbocycles. The highest BCUT2D eigenvalue weighted by Crippen LogP contribution is 2.33. The highest BCUT2D eigenvalue weighted by molar-refractivity contribution is 5.95. The van der Waals surface area contributed by atoms with Crippen LogP contribution in [0.4, 0.5) is 0 Å². The second-order valence-electron chi connectivity index (χ2n) is 6.25. The zero-order chi connectivity index (χ0) is 15.7. The van der Waals surface area contributed by atoms with E-state index in [-0.39, 0.29) is 11.9 Å². The third kappa shape index (κ3) is 2.91. The average molecular weight is 297 g/mol. The molecule has 0 spiro atoms. The van der Waals surface area contributed by atoms with Gasteiger partial charge in [-0.25, -0.2) is 0 Å². The maximum absolute atomic E-state index is 13.0. The van der Waals surface area contributed by atoms with Crippen molar-refractivity contribution in [3.8, 4) is 0 Å². The fourth-order valence-corrected chi connectivity index (χ4v) is 2.77. The smallest absolute Gasteiger partial charge is 0.257 e. The minimum atomic E-state index is 0.0777. The van der Waals surface area contributed by atoms with Gasteiger partial charge in [-0.05, 0) is 38.2 Å². The van der Waals surface area contributed by atoms with Crippen LogP contribution in [0.15, 0.2) is 36.5 Å². The second-order valence-corrected chi connectivity index (χ2v) is 6.25. The molecule has 1 aliphatic carbocycles. The number of hydrogen-bond donors (Lipinski definition) is 0. The Morgan fingerprint density at radius 3 is 2.59 bits per heavy atom. The van der Waals surface area contributed by atoms with Crippen molar-refractivity contribution < 1.29 is 4.79 Å². The summed E-state index contributed by atoms with van der Waals surface area (Å²) in [6.07, 6.45) is 4.16. The molecule has 116 valence electrons. The number of nitrogens with zero attached hydrogens (tertiary/aromatic N) is 3. The molecule has 1 aromatic heterocycles. The van der Waals surface area contributed by atoms with Gasteiger partial charge in [-0.2, -0.15) is 5.10 Å². The Bertz CT molecular complexity index is 658. The summed E-state index contributed by atoms with van der Waals surface area (Å²) in [5, 5.41) is 4.22. The molecule has 1 saturated carbocycles. The van der Waals surface area contributed by atoms with Crippen molar-refractivity contribution >= 4 is 5.91 Å². The lowest BCUT2D eigenvalue weighted by Crippen LogP contribution is -2.35. The molecule has 0 aliphatic heterocycles. The van der Waals surface area contributed by atoms with Crippen molar-refractivity contribution in [2.75, 3.05) is 6.54 Å². The van der Waals surface area contributed by atoms with Crippen LogP contribution in [0.2, 0.25) is 0 Å². The predicted molar refractivity (Wildman–Crippen MR) is 86.6 cm³/mol. The highest BCUT2D eigenvalue weighted by atomic mass is 16.2. The van der Waals surface area contributed by atoms with Crippen LogP contribution in [-0.4, -0.2) is 27.1 Å². The Morgan fingerprint density at radius 1 is 1.36 bits per heavy atom. The fourth-order valence-electron chi connectivity index (χ4n) is 2.77. The lowest BCUT2D eigenvalue weighted by molar-refractivity contribution is 0.0679. The van der Waals surface area contributed by atoms with Gasteiger partial charge in [0.15, 0.2) is 0 Å². The summed E-state index contributed by atoms with van der Waals surface area (Å²) >= 11 is 0. The van der Waals surface area contributed by atoms with Gasteiger partial charge in [-0.15, -0.1) is 0 Å². The predicted octanol–water partition coefficient (Wildman–Crippen LogP) is 3.34. The summed E-state index contributed by atoms with van der Waals surface area (Å²) in [5.74, 6) is 0.751. The summed E-state index contributed by atoms with van der Waals surface area (Å²) in [6, 6.07) is 10.3. The molecule has 1 aliphatic rings. The Balaban J connectivity index is 1.89. The van der Waals surface area contributed by atoms with Crippen LogP contribution in [0.25, 0.3) is 0 Å². The van der Waals surface area contributed by atoms with E-state index in [1.165, 1.54) is 18.4 Å². The molecule has 1 heterocycles. The Morgan fingerprint density at radius 2 is 2.05 bits per heavy atom. The van der Waals surface area contributed by atoms with Gasteiger partial charge in [0, 0.05) is 19.3 Å². The molecular weight excluding hydrogens is 274 g/mol. The molecule has 0 N–H and O–H groups in total. The lowest BCUT2D eigenvalue weighted by atomic mass is 10.1. The number of amides is 1. The summed E-state index contributed by atoms with van der Waals surface area (Å²) in [6.45, 7) is 4.90. The minimum Gasteiger partial charge on any atom is -0.332 e. The molecule has 4 heteroatoms. The molecule has 0 radical (unpaired) electrons. The molecular formula is C18H23N3O. The van der Waals surface area contributed by atoms with Crippen molar-refractivity contribution in [2.24, 2.45) is 13.0 Å². The first-order valence-electron chi connectivity index (χ1n) is 7.92. The van der Waals surface area contributed by atoms with E-state index in [0.717, 1.165) is 12.2 Å². The molecule has 1 fully saturated rings. The molecule has 4 nitrogen and oxygen atoms in total. The number of rotatable bonds is 5. The largest absolute Gasteiger partial charge is 0.332 e. The van der Waals surface area contributed by atoms with Gasteiger partial charge >= 0.3 is 0 Å². The first-order chi connectivity index (χ1) is 10.6. The first-order valence-corrected chi connectivity index (χ1v) is 7.92. The maximum atomic E-state index is 13.0. The van der Waals surface area contributed by atoms with Gasteiger partial charge in [-0.3, -0.25) is 9.48 Å². The molecule has 1 amide bonds. The van der Waals surface area contributed by atoms with Crippen LogP contribution >= 0.6 is 0 Å². The van der Waals surface area contributed by atoms with Crippen LogP contribution in [0.5, 0.6) is 0 Å². The summed E-state index contributed by atoms with van der Waals surface area (Å²) in [5.41, 5.74) is 2.81. The number of carbonyl (C=O) groups excluding carboxylic acids is 1. The van der Waals surface area contributed by atoms with Gasteiger partial charge < -0.3 is 4.90 Å². The van der Waals surface area contributed by atoms with E-state index in [2.05, 4.69) is 24.2 Å². The standard InChI is InChI=1S/C18H23N3O/c1-13(16-7-5-4-6-8-16)21(12-15-9-10-15)18(22)17-11-19-20(3)14(17)2/h4-8,11,13,15H,9-10,12H2,1-3H3/t13-/m1/s1. The van der Waals surface area contributed by atoms with E-state index in [4.69, 9.17) is 0 Å². The van der Waals surface area contributed by atoms with Crippen molar-refractivity contribution in [3.05, 3.63) is 53.3 Å². The maximum Gasteiger partial charge on any atom is 0.257 e. The Hall–Kier alpha value is -2.10. The van der Waals surface area contributed by atoms with E-state index in [0.29, 0.717) is 11.5 Å². The van der Waals surface area contributed by atoms with E-state index in [1.807, 2.05) is 37.1 Å². The van der Waals surface area contributed by atoms with E-state index in [1.54, 1.807) is 10.9 Å². The molecule has 22 heavy (non-hydrogen) atoms. The van der Waals surface area contributed by atoms with Crippen LogP contribution in [0.1, 0.15) is 47.4 Å². The molecule has 0 unspecified atom stereocenters. The number of benzene rings is 1. The van der Waals surface area contributed by atoms with Crippen molar-refractivity contribution in [3.63, 3.8) is 0 Å². The molecule has 3 rings (SSSR count). The van der Waals surface area contributed by atoms with Gasteiger partial charge in [0.1, 0.15) is 0 Å². The number of carbonyl (C=O) groups is 1. The molecule has 1 atom stereocenters. The monoisotopic (exact) mass is 297 g/mol. The number of hydrogen-bond acceptors (Lipinski definition) is 2. The minimum absolute atomic E-state index is 0.0777. The third-order valence-corrected chi connectivity index (χ3v) is 4.63. The lowest BCUT2D eigenvalue weighted by Gasteiger charge is -2.30. The molecule has 2 aromatic rings. The first kappa shape index (κ1) is 14.8. The number of aromatic nitrogens is 2. The van der Waals surface area contributed by atoms with Crippen LogP contribution in [0, 0.1) is 12.8 Å². The summed E-state index contributed by atoms with van der Waals surface area (Å²) in [4.78, 5) is 15.0. The fraction of sp³-hybridized carbons (Fsp3) is 0.444. The topological polar surface area (TPSA) is 38.1 Å². The highest BCUT2D eigenvalue weighted by Gasteiger charge is 2.31. The van der Waals surface area contributed by atoms with Gasteiger partial charge in [-0.1, -0.05) is 30.3 Å². The zero-order valence-corrected chi connectivity index (χ0v) is 13.5. The molecule has 0 saturated heterocycles. The van der Waals surface area contributed by atoms with Crippen LogP contribution < -0.4 is 0 Å². The van der Waals surface area contributed by atoms with Gasteiger partial charge in [0.25, 0.3) is 5.91 Å². The summed E-state index contributed by atoms with van der Waals surface area (Å²) in [7, 11) is 1.87. The van der Waals surface area contributed by atoms with Crippen molar-refractivity contribution in [1.29, 1.82) is 0 Å². The van der Waals surface area contributed by atoms with Crippen molar-refractivity contribution in [2.45, 2.75) is 32.7 Å². The van der Waals surface area contributed by atoms with E-state index >= 15 is 0 Å². The SMILES string of the molecule is Cc1c(C(=O)N(CC2CC2)[C@H](C)c2ccccc2)cnn1C. The Labute approximate surface area is 131 Å². The van der Waals surface area contributed by atoms with E-state index < -0.39 is 0 Å². The third-order valence-electron chi connectivity index (χ3n) is 4.63. The zero-order valence-electron chi connectivity index (χ0n) is 13.5. The normalized spacial score (nSPS) is 15.6. The quantitative estimate of drug-likeness (QED) is 0.849. The van der Waals surface area contributed by atoms with Gasteiger partial charge in [0.2, 0.25) is 0 Å². The average Bonchev–Trinajstić information content (AvgIpc) is 3.30. The van der Waals surface area contributed by atoms with Crippen molar-refractivity contribution in [1.82, 2.24) is 14.7 Å². The second kappa shape index (κ2) is 5.95. The van der Waals surface area contributed by atoms with Crippen LogP contribution in [-0.2, 0) is 7.05 Å². The number of aryl methyl sites for hydroxylation is 1. The summed E-state index contributed by atoms with van der Waals surface area (Å²) < 4.78 is 1.76. The van der Waals surface area contributed by atoms with Gasteiger partial charge in [0.05, 0.1) is 17.8 Å². The van der Waals surface area contributed by atoms with E-state index in [9.17, 15) is 4.79 Å².